The van der Waals surface area contributed by atoms with Crippen LogP contribution in [0.2, 0.25) is 0 Å². The van der Waals surface area contributed by atoms with Gasteiger partial charge in [0.2, 0.25) is 0 Å². The molecule has 0 fully saturated rings. The number of hydrogen-bond acceptors (Lipinski definition) is 5. The lowest BCUT2D eigenvalue weighted by Crippen LogP contribution is -2.06. The van der Waals surface area contributed by atoms with E-state index in [1.165, 1.54) is 19.2 Å². The van der Waals surface area contributed by atoms with Crippen LogP contribution in [-0.4, -0.2) is 18.1 Å². The summed E-state index contributed by atoms with van der Waals surface area (Å²) in [6.45, 7) is 0. The largest absolute Gasteiger partial charge is 0.464 e. The minimum atomic E-state index is -0.595. The van der Waals surface area contributed by atoms with Crippen LogP contribution in [0.15, 0.2) is 17.0 Å². The minimum absolute atomic E-state index is 0.0601. The van der Waals surface area contributed by atoms with Crippen LogP contribution < -0.4 is 0 Å². The number of carbonyl (C=O) groups excluding carboxylic acids is 1. The molecule has 0 unspecified atom stereocenters. The molecule has 66 valence electrons. The van der Waals surface area contributed by atoms with E-state index >= 15 is 0 Å². The zero-order valence-corrected chi connectivity index (χ0v) is 7.71. The van der Waals surface area contributed by atoms with Gasteiger partial charge in [0.25, 0.3) is 0 Å². The fourth-order valence-corrected chi connectivity index (χ4v) is 0.977. The Morgan fingerprint density at radius 2 is 2.38 bits per heavy atom. The van der Waals surface area contributed by atoms with Crippen LogP contribution in [0, 0.1) is 11.3 Å². The summed E-state index contributed by atoms with van der Waals surface area (Å²) in [6.07, 6.45) is 0. The highest BCUT2D eigenvalue weighted by atomic mass is 32.1. The highest BCUT2D eigenvalue weighted by molar-refractivity contribution is 7.80. The molecule has 0 atom stereocenters. The van der Waals surface area contributed by atoms with Crippen LogP contribution in [0.3, 0.4) is 0 Å². The Bertz CT molecular complexity index is 384. The van der Waals surface area contributed by atoms with Gasteiger partial charge in [-0.1, -0.05) is 0 Å². The number of aromatic nitrogens is 1. The standard InChI is InChI=1S/C8H6N2O2S/c1-12-8(11)7-6(13)3-2-5(4-9)10-7/h2-3,13H,1H3. The molecule has 0 aromatic carbocycles. The molecule has 4 nitrogen and oxygen atoms in total. The summed E-state index contributed by atoms with van der Waals surface area (Å²) in [6, 6.07) is 4.83. The van der Waals surface area contributed by atoms with Gasteiger partial charge in [0.1, 0.15) is 11.8 Å². The average Bonchev–Trinajstić information content (AvgIpc) is 2.17. The smallest absolute Gasteiger partial charge is 0.357 e. The minimum Gasteiger partial charge on any atom is -0.464 e. The molecule has 0 saturated heterocycles. The van der Waals surface area contributed by atoms with Crippen molar-refractivity contribution in [1.82, 2.24) is 4.98 Å². The highest BCUT2D eigenvalue weighted by Gasteiger charge is 2.11. The van der Waals surface area contributed by atoms with Crippen molar-refractivity contribution in [1.29, 1.82) is 5.26 Å². The summed E-state index contributed by atoms with van der Waals surface area (Å²) in [7, 11) is 1.25. The molecule has 5 heteroatoms. The molecule has 0 amide bonds. The Morgan fingerprint density at radius 1 is 1.69 bits per heavy atom. The van der Waals surface area contributed by atoms with Crippen LogP contribution in [0.5, 0.6) is 0 Å². The Morgan fingerprint density at radius 3 is 2.92 bits per heavy atom. The molecular weight excluding hydrogens is 188 g/mol. The van der Waals surface area contributed by atoms with E-state index in [0.717, 1.165) is 0 Å². The molecule has 0 saturated carbocycles. The average molecular weight is 194 g/mol. The van der Waals surface area contributed by atoms with Gasteiger partial charge in [0, 0.05) is 4.90 Å². The number of thiol groups is 1. The quantitative estimate of drug-likeness (QED) is 0.535. The number of hydrogen-bond donors (Lipinski definition) is 1. The molecule has 0 bridgehead atoms. The van der Waals surface area contributed by atoms with Crippen molar-refractivity contribution in [2.75, 3.05) is 7.11 Å². The lowest BCUT2D eigenvalue weighted by Gasteiger charge is -2.00. The van der Waals surface area contributed by atoms with E-state index < -0.39 is 5.97 Å². The van der Waals surface area contributed by atoms with Crippen molar-refractivity contribution < 1.29 is 9.53 Å². The van der Waals surface area contributed by atoms with E-state index in [0.29, 0.717) is 4.90 Å². The maximum absolute atomic E-state index is 11.1. The zero-order chi connectivity index (χ0) is 9.84. The normalized spacial score (nSPS) is 9.00. The number of nitrogens with zero attached hydrogens (tertiary/aromatic N) is 2. The predicted molar refractivity (Wildman–Crippen MR) is 47.5 cm³/mol. The first-order valence-electron chi connectivity index (χ1n) is 3.37. The monoisotopic (exact) mass is 194 g/mol. The van der Waals surface area contributed by atoms with E-state index in [-0.39, 0.29) is 11.4 Å². The second kappa shape index (κ2) is 3.92. The predicted octanol–water partition coefficient (Wildman–Crippen LogP) is 1.03. The number of ether oxygens (including phenoxy) is 1. The first-order valence-corrected chi connectivity index (χ1v) is 3.82. The van der Waals surface area contributed by atoms with E-state index in [4.69, 9.17) is 5.26 Å². The summed E-state index contributed by atoms with van der Waals surface area (Å²) in [5, 5.41) is 8.52. The fraction of sp³-hybridized carbons (Fsp3) is 0.125. The van der Waals surface area contributed by atoms with Gasteiger partial charge in [-0.25, -0.2) is 9.78 Å². The number of esters is 1. The second-order valence-electron chi connectivity index (χ2n) is 2.17. The van der Waals surface area contributed by atoms with Crippen molar-refractivity contribution in [2.24, 2.45) is 0 Å². The number of rotatable bonds is 1. The van der Waals surface area contributed by atoms with Gasteiger partial charge in [-0.2, -0.15) is 5.26 Å². The SMILES string of the molecule is COC(=O)c1nc(C#N)ccc1S. The van der Waals surface area contributed by atoms with Crippen molar-refractivity contribution >= 4 is 18.6 Å². The molecule has 0 aliphatic carbocycles. The number of methoxy groups -OCH3 is 1. The molecule has 1 aromatic heterocycles. The molecule has 1 heterocycles. The Hall–Kier alpha value is -1.54. The molecule has 0 radical (unpaired) electrons. The van der Waals surface area contributed by atoms with E-state index in [1.807, 2.05) is 6.07 Å². The molecule has 13 heavy (non-hydrogen) atoms. The molecular formula is C8H6N2O2S. The van der Waals surface area contributed by atoms with Crippen molar-refractivity contribution in [3.63, 3.8) is 0 Å². The first kappa shape index (κ1) is 9.55. The van der Waals surface area contributed by atoms with Gasteiger partial charge in [-0.15, -0.1) is 12.6 Å². The maximum Gasteiger partial charge on any atom is 0.357 e. The van der Waals surface area contributed by atoms with Crippen LogP contribution in [0.1, 0.15) is 16.2 Å². The fourth-order valence-electron chi connectivity index (χ4n) is 0.761. The Kier molecular flexibility index (Phi) is 2.88. The van der Waals surface area contributed by atoms with Crippen LogP contribution >= 0.6 is 12.6 Å². The molecule has 0 aliphatic heterocycles. The van der Waals surface area contributed by atoms with E-state index in [9.17, 15) is 4.79 Å². The van der Waals surface area contributed by atoms with Gasteiger partial charge >= 0.3 is 5.97 Å². The Balaban J connectivity index is 3.20. The van der Waals surface area contributed by atoms with Crippen LogP contribution in [0.4, 0.5) is 0 Å². The first-order chi connectivity index (χ1) is 6.19. The highest BCUT2D eigenvalue weighted by Crippen LogP contribution is 2.12. The number of pyridine rings is 1. The van der Waals surface area contributed by atoms with Gasteiger partial charge in [0.05, 0.1) is 7.11 Å². The van der Waals surface area contributed by atoms with Gasteiger partial charge < -0.3 is 4.74 Å². The molecule has 1 rings (SSSR count). The lowest BCUT2D eigenvalue weighted by atomic mass is 10.3. The lowest BCUT2D eigenvalue weighted by molar-refractivity contribution is 0.0589. The summed E-state index contributed by atoms with van der Waals surface area (Å²) in [4.78, 5) is 15.2. The Labute approximate surface area is 80.6 Å². The summed E-state index contributed by atoms with van der Waals surface area (Å²) in [5.41, 5.74) is 0.225. The maximum atomic E-state index is 11.1. The summed E-state index contributed by atoms with van der Waals surface area (Å²) >= 11 is 4.00. The van der Waals surface area contributed by atoms with Crippen LogP contribution in [-0.2, 0) is 4.74 Å². The van der Waals surface area contributed by atoms with Gasteiger partial charge in [-0.3, -0.25) is 0 Å². The van der Waals surface area contributed by atoms with Crippen molar-refractivity contribution in [2.45, 2.75) is 4.90 Å². The van der Waals surface area contributed by atoms with Crippen molar-refractivity contribution in [3.8, 4) is 6.07 Å². The molecule has 0 spiro atoms. The topological polar surface area (TPSA) is 63.0 Å². The number of nitriles is 1. The third-order valence-corrected chi connectivity index (χ3v) is 1.73. The molecule has 1 aromatic rings. The van der Waals surface area contributed by atoms with Gasteiger partial charge in [-0.05, 0) is 12.1 Å². The second-order valence-corrected chi connectivity index (χ2v) is 2.65. The van der Waals surface area contributed by atoms with E-state index in [2.05, 4.69) is 22.3 Å². The molecule has 0 N–H and O–H groups in total. The third-order valence-electron chi connectivity index (χ3n) is 1.37. The van der Waals surface area contributed by atoms with Gasteiger partial charge in [0.15, 0.2) is 5.69 Å². The van der Waals surface area contributed by atoms with Crippen molar-refractivity contribution in [3.05, 3.63) is 23.5 Å². The summed E-state index contributed by atoms with van der Waals surface area (Å²) < 4.78 is 4.46. The number of carbonyl (C=O) groups is 1. The third kappa shape index (κ3) is 1.98. The van der Waals surface area contributed by atoms with Crippen LogP contribution in [0.25, 0.3) is 0 Å². The summed E-state index contributed by atoms with van der Waals surface area (Å²) in [5.74, 6) is -0.595. The van der Waals surface area contributed by atoms with E-state index in [1.54, 1.807) is 0 Å². The molecule has 0 aliphatic rings. The zero-order valence-electron chi connectivity index (χ0n) is 6.81.